The van der Waals surface area contributed by atoms with E-state index in [2.05, 4.69) is 20.2 Å². The highest BCUT2D eigenvalue weighted by Crippen LogP contribution is 2.25. The summed E-state index contributed by atoms with van der Waals surface area (Å²) in [6.45, 7) is 2.29. The lowest BCUT2D eigenvalue weighted by molar-refractivity contribution is 0.102. The van der Waals surface area contributed by atoms with Crippen molar-refractivity contribution in [1.29, 1.82) is 0 Å². The van der Waals surface area contributed by atoms with Gasteiger partial charge in [0.1, 0.15) is 5.75 Å². The van der Waals surface area contributed by atoms with Crippen molar-refractivity contribution in [2.24, 2.45) is 0 Å². The van der Waals surface area contributed by atoms with Crippen molar-refractivity contribution < 1.29 is 17.9 Å². The molecule has 11 heteroatoms. The number of benzene rings is 2. The summed E-state index contributed by atoms with van der Waals surface area (Å²) in [7, 11) is -3.97. The first-order valence-corrected chi connectivity index (χ1v) is 10.7. The lowest BCUT2D eigenvalue weighted by atomic mass is 10.2. The molecule has 0 aliphatic heterocycles. The first kappa shape index (κ1) is 20.1. The summed E-state index contributed by atoms with van der Waals surface area (Å²) < 4.78 is 32.5. The van der Waals surface area contributed by atoms with Crippen LogP contribution in [0.5, 0.6) is 5.75 Å². The van der Waals surface area contributed by atoms with E-state index < -0.39 is 15.9 Å². The SMILES string of the molecule is CCOc1cccc(NS(=O)(=O)c2nnc(NC(=O)c3ccccc3Cl)s2)c1. The quantitative estimate of drug-likeness (QED) is 0.545. The van der Waals surface area contributed by atoms with Gasteiger partial charge in [-0.1, -0.05) is 41.1 Å². The molecule has 28 heavy (non-hydrogen) atoms. The number of rotatable bonds is 7. The van der Waals surface area contributed by atoms with Crippen molar-refractivity contribution >= 4 is 49.7 Å². The first-order valence-electron chi connectivity index (χ1n) is 8.04. The third kappa shape index (κ3) is 4.77. The van der Waals surface area contributed by atoms with E-state index >= 15 is 0 Å². The normalized spacial score (nSPS) is 11.1. The maximum Gasteiger partial charge on any atom is 0.291 e. The molecule has 0 aliphatic carbocycles. The van der Waals surface area contributed by atoms with Crippen molar-refractivity contribution in [2.75, 3.05) is 16.6 Å². The lowest BCUT2D eigenvalue weighted by Gasteiger charge is -2.07. The van der Waals surface area contributed by atoms with Crippen LogP contribution in [0, 0.1) is 0 Å². The zero-order valence-electron chi connectivity index (χ0n) is 14.5. The minimum atomic E-state index is -3.97. The molecule has 0 spiro atoms. The molecule has 3 aromatic rings. The van der Waals surface area contributed by atoms with Gasteiger partial charge in [0.25, 0.3) is 20.3 Å². The van der Waals surface area contributed by atoms with Crippen molar-refractivity contribution in [2.45, 2.75) is 11.3 Å². The molecule has 1 aromatic heterocycles. The van der Waals surface area contributed by atoms with Crippen LogP contribution in [-0.4, -0.2) is 31.1 Å². The Bertz CT molecular complexity index is 1100. The highest BCUT2D eigenvalue weighted by molar-refractivity contribution is 7.94. The molecular formula is C17H15ClN4O4S2. The number of carbonyl (C=O) groups is 1. The van der Waals surface area contributed by atoms with Crippen LogP contribution < -0.4 is 14.8 Å². The zero-order valence-corrected chi connectivity index (χ0v) is 16.9. The van der Waals surface area contributed by atoms with E-state index in [-0.39, 0.29) is 20.1 Å². The second-order valence-electron chi connectivity index (χ2n) is 5.37. The van der Waals surface area contributed by atoms with Crippen LogP contribution in [0.25, 0.3) is 0 Å². The van der Waals surface area contributed by atoms with Gasteiger partial charge in [-0.25, -0.2) is 0 Å². The van der Waals surface area contributed by atoms with Gasteiger partial charge in [0.15, 0.2) is 0 Å². The Morgan fingerprint density at radius 1 is 1.18 bits per heavy atom. The Balaban J connectivity index is 1.74. The van der Waals surface area contributed by atoms with Gasteiger partial charge < -0.3 is 4.74 Å². The molecule has 0 unspecified atom stereocenters. The lowest BCUT2D eigenvalue weighted by Crippen LogP contribution is -2.12. The number of hydrogen-bond acceptors (Lipinski definition) is 7. The van der Waals surface area contributed by atoms with Crippen molar-refractivity contribution in [1.82, 2.24) is 10.2 Å². The number of amides is 1. The van der Waals surface area contributed by atoms with Gasteiger partial charge in [-0.05, 0) is 31.2 Å². The maximum atomic E-state index is 12.5. The summed E-state index contributed by atoms with van der Waals surface area (Å²) in [6, 6.07) is 13.0. The van der Waals surface area contributed by atoms with Crippen LogP contribution in [0.3, 0.4) is 0 Å². The average molecular weight is 439 g/mol. The summed E-state index contributed by atoms with van der Waals surface area (Å²) in [5.74, 6) is 0.0238. The van der Waals surface area contributed by atoms with Gasteiger partial charge in [0.05, 0.1) is 22.9 Å². The Hall–Kier alpha value is -2.69. The fourth-order valence-electron chi connectivity index (χ4n) is 2.19. The Labute approximate surface area is 170 Å². The first-order chi connectivity index (χ1) is 13.4. The fourth-order valence-corrected chi connectivity index (χ4v) is 4.36. The molecule has 0 radical (unpaired) electrons. The van der Waals surface area contributed by atoms with Gasteiger partial charge >= 0.3 is 0 Å². The van der Waals surface area contributed by atoms with E-state index in [1.807, 2.05) is 6.92 Å². The standard InChI is InChI=1S/C17H15ClN4O4S2/c1-2-26-12-7-5-6-11(10-12)22-28(24,25)17-21-20-16(27-17)19-15(23)13-8-3-4-9-14(13)18/h3-10,22H,2H2,1H3,(H,19,20,23). The Kier molecular flexibility index (Phi) is 6.12. The topological polar surface area (TPSA) is 110 Å². The second kappa shape index (κ2) is 8.55. The molecule has 0 fully saturated rings. The predicted molar refractivity (Wildman–Crippen MR) is 108 cm³/mol. The molecule has 0 atom stereocenters. The van der Waals surface area contributed by atoms with E-state index in [1.54, 1.807) is 48.5 Å². The smallest absolute Gasteiger partial charge is 0.291 e. The molecule has 0 bridgehead atoms. The molecule has 1 amide bonds. The number of halogens is 1. The van der Waals surface area contributed by atoms with Crippen LogP contribution in [0.1, 0.15) is 17.3 Å². The maximum absolute atomic E-state index is 12.5. The molecule has 0 aliphatic rings. The number of carbonyl (C=O) groups excluding carboxylic acids is 1. The van der Waals surface area contributed by atoms with Crippen LogP contribution in [0.2, 0.25) is 5.02 Å². The summed E-state index contributed by atoms with van der Waals surface area (Å²) >= 11 is 6.70. The summed E-state index contributed by atoms with van der Waals surface area (Å²) in [5, 5.41) is 10.2. The number of sulfonamides is 1. The fraction of sp³-hybridized carbons (Fsp3) is 0.118. The monoisotopic (exact) mass is 438 g/mol. The minimum absolute atomic E-state index is 0.0355. The Morgan fingerprint density at radius 3 is 2.71 bits per heavy atom. The van der Waals surface area contributed by atoms with Gasteiger partial charge in [-0.3, -0.25) is 14.8 Å². The van der Waals surface area contributed by atoms with Crippen LogP contribution in [-0.2, 0) is 10.0 Å². The molecule has 0 saturated carbocycles. The summed E-state index contributed by atoms with van der Waals surface area (Å²) in [6.07, 6.45) is 0. The van der Waals surface area contributed by atoms with E-state index in [0.29, 0.717) is 18.0 Å². The van der Waals surface area contributed by atoms with Gasteiger partial charge in [0.2, 0.25) is 5.13 Å². The third-order valence-electron chi connectivity index (χ3n) is 3.37. The highest BCUT2D eigenvalue weighted by Gasteiger charge is 2.22. The van der Waals surface area contributed by atoms with Crippen LogP contribution >= 0.6 is 22.9 Å². The molecule has 1 heterocycles. The third-order valence-corrected chi connectivity index (χ3v) is 6.29. The number of hydrogen-bond donors (Lipinski definition) is 2. The molecule has 0 saturated heterocycles. The summed E-state index contributed by atoms with van der Waals surface area (Å²) in [5.41, 5.74) is 0.567. The zero-order chi connectivity index (χ0) is 20.1. The molecule has 3 rings (SSSR count). The number of anilines is 2. The van der Waals surface area contributed by atoms with Crippen molar-refractivity contribution in [3.05, 3.63) is 59.1 Å². The van der Waals surface area contributed by atoms with E-state index in [9.17, 15) is 13.2 Å². The number of aromatic nitrogens is 2. The van der Waals surface area contributed by atoms with Gasteiger partial charge in [-0.2, -0.15) is 8.42 Å². The second-order valence-corrected chi connectivity index (χ2v) is 8.61. The van der Waals surface area contributed by atoms with Gasteiger partial charge in [-0.15, -0.1) is 10.2 Å². The molecule has 2 aromatic carbocycles. The number of nitrogens with one attached hydrogen (secondary N) is 2. The van der Waals surface area contributed by atoms with Crippen molar-refractivity contribution in [3.63, 3.8) is 0 Å². The molecule has 2 N–H and O–H groups in total. The molecular weight excluding hydrogens is 424 g/mol. The predicted octanol–water partition coefficient (Wildman–Crippen LogP) is 3.64. The highest BCUT2D eigenvalue weighted by atomic mass is 35.5. The van der Waals surface area contributed by atoms with Gasteiger partial charge in [0, 0.05) is 6.07 Å². The summed E-state index contributed by atoms with van der Waals surface area (Å²) in [4.78, 5) is 12.2. The van der Waals surface area contributed by atoms with Crippen LogP contribution in [0.15, 0.2) is 52.9 Å². The minimum Gasteiger partial charge on any atom is -0.494 e. The number of ether oxygens (including phenoxy) is 1. The molecule has 8 nitrogen and oxygen atoms in total. The van der Waals surface area contributed by atoms with E-state index in [0.717, 1.165) is 11.3 Å². The van der Waals surface area contributed by atoms with E-state index in [1.165, 1.54) is 0 Å². The molecule has 146 valence electrons. The Morgan fingerprint density at radius 2 is 1.96 bits per heavy atom. The largest absolute Gasteiger partial charge is 0.494 e. The van der Waals surface area contributed by atoms with Crippen LogP contribution in [0.4, 0.5) is 10.8 Å². The van der Waals surface area contributed by atoms with Crippen molar-refractivity contribution in [3.8, 4) is 5.75 Å². The average Bonchev–Trinajstić information content (AvgIpc) is 3.12. The van der Waals surface area contributed by atoms with E-state index in [4.69, 9.17) is 16.3 Å². The number of nitrogens with zero attached hydrogens (tertiary/aromatic N) is 2.